The monoisotopic (exact) mass is 249 g/mol. The highest BCUT2D eigenvalue weighted by atomic mass is 16.2. The lowest BCUT2D eigenvalue weighted by molar-refractivity contribution is 0.288. The molecule has 1 aliphatic carbocycles. The first kappa shape index (κ1) is 11.3. The third kappa shape index (κ3) is 2.37. The molecule has 0 aromatic carbocycles. The molecule has 0 radical (unpaired) electrons. The topological polar surface area (TPSA) is 94.5 Å². The molecule has 2 aromatic rings. The van der Waals surface area contributed by atoms with Crippen LogP contribution in [0.4, 0.5) is 0 Å². The molecule has 1 aliphatic rings. The second kappa shape index (κ2) is 4.81. The Bertz CT molecular complexity index is 516. The normalized spacial score (nSPS) is 15.2. The van der Waals surface area contributed by atoms with E-state index in [1.807, 2.05) is 10.9 Å². The van der Waals surface area contributed by atoms with Crippen LogP contribution in [0.1, 0.15) is 36.8 Å². The van der Waals surface area contributed by atoms with E-state index in [-0.39, 0.29) is 6.61 Å². The van der Waals surface area contributed by atoms with Crippen molar-refractivity contribution in [2.24, 2.45) is 0 Å². The van der Waals surface area contributed by atoms with E-state index in [9.17, 15) is 0 Å². The second-order valence-corrected chi connectivity index (χ2v) is 4.51. The van der Waals surface area contributed by atoms with Crippen LogP contribution in [-0.4, -0.2) is 46.9 Å². The van der Waals surface area contributed by atoms with Gasteiger partial charge < -0.3 is 5.11 Å². The van der Waals surface area contributed by atoms with Crippen molar-refractivity contribution in [1.29, 1.82) is 0 Å². The maximum Gasteiger partial charge on any atom is 0.173 e. The van der Waals surface area contributed by atoms with Gasteiger partial charge in [0.05, 0.1) is 11.7 Å². The second-order valence-electron chi connectivity index (χ2n) is 4.51. The highest BCUT2D eigenvalue weighted by Gasteiger charge is 2.27. The number of hydrogen-bond acceptors (Lipinski definition) is 6. The van der Waals surface area contributed by atoms with Crippen LogP contribution in [0.5, 0.6) is 0 Å². The summed E-state index contributed by atoms with van der Waals surface area (Å²) in [7, 11) is 0. The van der Waals surface area contributed by atoms with Gasteiger partial charge in [-0.2, -0.15) is 0 Å². The maximum absolute atomic E-state index is 8.76. The highest BCUT2D eigenvalue weighted by molar-refractivity contribution is 4.96. The van der Waals surface area contributed by atoms with E-state index < -0.39 is 0 Å². The van der Waals surface area contributed by atoms with Crippen LogP contribution in [-0.2, 0) is 13.0 Å². The van der Waals surface area contributed by atoms with Crippen LogP contribution < -0.4 is 0 Å². The molecular formula is C10H15N7O. The van der Waals surface area contributed by atoms with Crippen LogP contribution >= 0.6 is 0 Å². The van der Waals surface area contributed by atoms with Gasteiger partial charge in [-0.1, -0.05) is 5.21 Å². The summed E-state index contributed by atoms with van der Waals surface area (Å²) in [4.78, 5) is 0. The Morgan fingerprint density at radius 2 is 2.17 bits per heavy atom. The number of rotatable bonds is 6. The van der Waals surface area contributed by atoms with Crippen LogP contribution in [0.15, 0.2) is 6.20 Å². The number of aryl methyl sites for hydroxylation is 1. The molecule has 0 spiro atoms. The Labute approximate surface area is 104 Å². The SMILES string of the molecule is OCCCc1cn(Cc2nnnn2C2CC2)nn1. The molecule has 2 aromatic heterocycles. The fourth-order valence-electron chi connectivity index (χ4n) is 1.85. The summed E-state index contributed by atoms with van der Waals surface area (Å²) in [6, 6.07) is 0.465. The molecule has 1 fully saturated rings. The van der Waals surface area contributed by atoms with Crippen molar-refractivity contribution in [2.45, 2.75) is 38.3 Å². The summed E-state index contributed by atoms with van der Waals surface area (Å²) in [5.74, 6) is 0.816. The molecular weight excluding hydrogens is 234 g/mol. The zero-order valence-electron chi connectivity index (χ0n) is 9.98. The van der Waals surface area contributed by atoms with E-state index in [2.05, 4.69) is 25.8 Å². The molecule has 0 unspecified atom stereocenters. The van der Waals surface area contributed by atoms with Crippen LogP contribution in [0.2, 0.25) is 0 Å². The average molecular weight is 249 g/mol. The first-order valence-corrected chi connectivity index (χ1v) is 6.13. The maximum atomic E-state index is 8.76. The molecule has 0 saturated heterocycles. The minimum absolute atomic E-state index is 0.173. The van der Waals surface area contributed by atoms with Gasteiger partial charge >= 0.3 is 0 Å². The quantitative estimate of drug-likeness (QED) is 0.746. The molecule has 0 amide bonds. The van der Waals surface area contributed by atoms with Crippen molar-refractivity contribution in [3.05, 3.63) is 17.7 Å². The van der Waals surface area contributed by atoms with E-state index in [4.69, 9.17) is 5.11 Å². The zero-order chi connectivity index (χ0) is 12.4. The van der Waals surface area contributed by atoms with Crippen molar-refractivity contribution >= 4 is 0 Å². The predicted molar refractivity (Wildman–Crippen MR) is 60.6 cm³/mol. The van der Waals surface area contributed by atoms with Gasteiger partial charge in [-0.05, 0) is 36.1 Å². The summed E-state index contributed by atoms with van der Waals surface area (Å²) in [6.45, 7) is 0.711. The molecule has 8 heteroatoms. The molecule has 2 heterocycles. The minimum atomic E-state index is 0.173. The van der Waals surface area contributed by atoms with E-state index in [0.717, 1.165) is 30.8 Å². The summed E-state index contributed by atoms with van der Waals surface area (Å²) in [5.41, 5.74) is 0.884. The molecule has 0 bridgehead atoms. The molecule has 1 N–H and O–H groups in total. The molecule has 3 rings (SSSR count). The van der Waals surface area contributed by atoms with Crippen LogP contribution in [0.25, 0.3) is 0 Å². The van der Waals surface area contributed by atoms with Gasteiger partial charge in [-0.15, -0.1) is 10.2 Å². The number of nitrogens with zero attached hydrogens (tertiary/aromatic N) is 7. The van der Waals surface area contributed by atoms with Crippen molar-refractivity contribution in [3.8, 4) is 0 Å². The van der Waals surface area contributed by atoms with Crippen LogP contribution in [0, 0.1) is 0 Å². The van der Waals surface area contributed by atoms with Gasteiger partial charge in [0.15, 0.2) is 5.82 Å². The summed E-state index contributed by atoms with van der Waals surface area (Å²) in [6.07, 6.45) is 5.62. The summed E-state index contributed by atoms with van der Waals surface area (Å²) < 4.78 is 3.60. The third-order valence-corrected chi connectivity index (χ3v) is 2.93. The predicted octanol–water partition coefficient (Wildman–Crippen LogP) is -0.427. The number of tetrazole rings is 1. The molecule has 18 heavy (non-hydrogen) atoms. The van der Waals surface area contributed by atoms with Crippen molar-refractivity contribution in [1.82, 2.24) is 35.2 Å². The Hall–Kier alpha value is -1.83. The van der Waals surface area contributed by atoms with Crippen LogP contribution in [0.3, 0.4) is 0 Å². The fraction of sp³-hybridized carbons (Fsp3) is 0.700. The zero-order valence-corrected chi connectivity index (χ0v) is 9.98. The van der Waals surface area contributed by atoms with E-state index >= 15 is 0 Å². The van der Waals surface area contributed by atoms with E-state index in [1.165, 1.54) is 0 Å². The lowest BCUT2D eigenvalue weighted by Gasteiger charge is -2.01. The van der Waals surface area contributed by atoms with Gasteiger partial charge in [0, 0.05) is 12.8 Å². The van der Waals surface area contributed by atoms with Crippen molar-refractivity contribution in [2.75, 3.05) is 6.61 Å². The van der Waals surface area contributed by atoms with Gasteiger partial charge in [-0.25, -0.2) is 9.36 Å². The number of aromatic nitrogens is 7. The lowest BCUT2D eigenvalue weighted by atomic mass is 10.3. The van der Waals surface area contributed by atoms with Crippen molar-refractivity contribution in [3.63, 3.8) is 0 Å². The summed E-state index contributed by atoms with van der Waals surface area (Å²) in [5, 5.41) is 28.6. The largest absolute Gasteiger partial charge is 0.396 e. The average Bonchev–Trinajstić information content (AvgIpc) is 2.96. The minimum Gasteiger partial charge on any atom is -0.396 e. The Morgan fingerprint density at radius 1 is 1.28 bits per heavy atom. The molecule has 0 atom stereocenters. The molecule has 96 valence electrons. The smallest absolute Gasteiger partial charge is 0.173 e. The Balaban J connectivity index is 1.67. The molecule has 1 saturated carbocycles. The van der Waals surface area contributed by atoms with Crippen molar-refractivity contribution < 1.29 is 5.11 Å². The Kier molecular flexibility index (Phi) is 3.01. The Morgan fingerprint density at radius 3 is 2.94 bits per heavy atom. The third-order valence-electron chi connectivity index (χ3n) is 2.93. The number of aliphatic hydroxyl groups excluding tert-OH is 1. The lowest BCUT2D eigenvalue weighted by Crippen LogP contribution is -2.09. The standard InChI is InChI=1S/C10H15N7O/c18-5-1-2-8-6-16(14-11-8)7-10-12-13-15-17(10)9-3-4-9/h6,9,18H,1-5,7H2. The van der Waals surface area contributed by atoms with Gasteiger partial charge in [0.2, 0.25) is 0 Å². The molecule has 8 nitrogen and oxygen atoms in total. The fourth-order valence-corrected chi connectivity index (χ4v) is 1.85. The van der Waals surface area contributed by atoms with Gasteiger partial charge in [0.1, 0.15) is 6.54 Å². The summed E-state index contributed by atoms with van der Waals surface area (Å²) >= 11 is 0. The van der Waals surface area contributed by atoms with E-state index in [1.54, 1.807) is 4.68 Å². The number of aliphatic hydroxyl groups is 1. The van der Waals surface area contributed by atoms with Gasteiger partial charge in [-0.3, -0.25) is 0 Å². The number of hydrogen-bond donors (Lipinski definition) is 1. The first-order chi connectivity index (χ1) is 8.86. The first-order valence-electron chi connectivity index (χ1n) is 6.13. The van der Waals surface area contributed by atoms with Gasteiger partial charge in [0.25, 0.3) is 0 Å². The van der Waals surface area contributed by atoms with E-state index in [0.29, 0.717) is 19.0 Å². The molecule has 0 aliphatic heterocycles. The highest BCUT2D eigenvalue weighted by Crippen LogP contribution is 2.34.